The number of aliphatic hydroxyl groups excluding tert-OH is 2. The van der Waals surface area contributed by atoms with E-state index in [0.29, 0.717) is 106 Å². The van der Waals surface area contributed by atoms with Crippen LogP contribution in [-0.2, 0) is 71.5 Å². The molecule has 0 spiro atoms. The summed E-state index contributed by atoms with van der Waals surface area (Å²) in [5.41, 5.74) is 15.0. The average Bonchev–Trinajstić information content (AvgIpc) is 4.11. The molecule has 0 fully saturated rings. The van der Waals surface area contributed by atoms with Crippen LogP contribution in [0.4, 0.5) is 0 Å². The fourth-order valence-corrected chi connectivity index (χ4v) is 11.2. The average molecular weight is 1080 g/mol. The largest absolute Gasteiger partial charge is 0.491 e. The molecule has 0 aliphatic heterocycles. The van der Waals surface area contributed by atoms with Crippen molar-refractivity contribution in [3.05, 3.63) is 146 Å². The first-order valence-electron chi connectivity index (χ1n) is 28.1. The van der Waals surface area contributed by atoms with Gasteiger partial charge in [0, 0.05) is 30.9 Å². The lowest BCUT2D eigenvalue weighted by atomic mass is 9.71. The summed E-state index contributed by atoms with van der Waals surface area (Å²) in [7, 11) is 3.35. The second-order valence-corrected chi connectivity index (χ2v) is 20.3. The Hall–Kier alpha value is -4.62. The summed E-state index contributed by atoms with van der Waals surface area (Å²) in [6, 6.07) is 31.9. The molecular weight excluding hydrogens is 991 g/mol. The van der Waals surface area contributed by atoms with Crippen molar-refractivity contribution in [3.63, 3.8) is 0 Å². The zero-order valence-corrected chi connectivity index (χ0v) is 47.9. The Morgan fingerprint density at radius 2 is 0.936 bits per heavy atom. The number of quaternary nitrogens is 1. The molecule has 2 N–H and O–H groups in total. The van der Waals surface area contributed by atoms with Gasteiger partial charge in [-0.2, -0.15) is 0 Å². The Kier molecular flexibility index (Phi) is 23.7. The van der Waals surface area contributed by atoms with Gasteiger partial charge in [-0.3, -0.25) is 0 Å². The molecule has 0 radical (unpaired) electrons. The van der Waals surface area contributed by atoms with Gasteiger partial charge in [0.1, 0.15) is 24.5 Å². The number of nitrogens with zero attached hydrogens (tertiary/aromatic N) is 1. The van der Waals surface area contributed by atoms with Crippen LogP contribution in [0.3, 0.4) is 0 Å². The van der Waals surface area contributed by atoms with Gasteiger partial charge in [0.05, 0.1) is 151 Å². The van der Waals surface area contributed by atoms with E-state index < -0.39 is 11.0 Å². The molecule has 14 nitrogen and oxygen atoms in total. The number of methoxy groups -OCH3 is 2. The lowest BCUT2D eigenvalue weighted by Crippen LogP contribution is -2.47. The number of ether oxygens (including phenoxy) is 11. The van der Waals surface area contributed by atoms with Crippen molar-refractivity contribution in [2.75, 3.05) is 159 Å². The Labute approximate surface area is 464 Å². The molecule has 0 bridgehead atoms. The zero-order valence-electron chi connectivity index (χ0n) is 47.9. The van der Waals surface area contributed by atoms with Crippen molar-refractivity contribution in [1.82, 2.24) is 0 Å². The van der Waals surface area contributed by atoms with E-state index in [-0.39, 0.29) is 26.4 Å². The predicted octanol–water partition coefficient (Wildman–Crippen LogP) is 8.86. The highest BCUT2D eigenvalue weighted by molar-refractivity contribution is 5.92. The minimum Gasteiger partial charge on any atom is -0.491 e. The number of hydrogen-bond donors (Lipinski definition) is 2. The molecule has 0 amide bonds. The third kappa shape index (κ3) is 14.1. The van der Waals surface area contributed by atoms with Crippen molar-refractivity contribution in [2.45, 2.75) is 65.7 Å². The van der Waals surface area contributed by atoms with Gasteiger partial charge in [-0.15, -0.1) is 0 Å². The molecule has 14 heteroatoms. The predicted molar refractivity (Wildman–Crippen MR) is 304 cm³/mol. The van der Waals surface area contributed by atoms with E-state index >= 15 is 0 Å². The maximum absolute atomic E-state index is 9.29. The minimum absolute atomic E-state index is 0.0203. The summed E-state index contributed by atoms with van der Waals surface area (Å²) >= 11 is 0. The summed E-state index contributed by atoms with van der Waals surface area (Å²) in [5.74, 6) is 0.799. The number of aliphatic hydroxyl groups is 2. The van der Waals surface area contributed by atoms with Gasteiger partial charge in [-0.1, -0.05) is 71.8 Å². The summed E-state index contributed by atoms with van der Waals surface area (Å²) in [4.78, 5) is 0. The fourth-order valence-electron chi connectivity index (χ4n) is 11.2. The van der Waals surface area contributed by atoms with Crippen molar-refractivity contribution < 1.29 is 66.8 Å². The third-order valence-corrected chi connectivity index (χ3v) is 15.6. The van der Waals surface area contributed by atoms with Crippen LogP contribution in [0, 0.1) is 20.8 Å². The standard InChI is InChI=1S/C64H88NO13/c1-9-65(10-2,11-3)44-51-41-53(15-14-50(51)45-75-32-30-71-23-21-67)64(78-37-35-73-27-25-69-8)60-39-48(5)13-18-55(60)57-42-59-56(43-61(57)64)54-17-12-47(4)38-58(54)63(59,46-76-33-31-74-29-28-70-22-20-66)52-16-19-62(49(6)40-52)77-36-34-72-26-24-68-7/h12-19,38-43,66-67H,9-11,20-37,44-46H2,1-8H3/q+1. The summed E-state index contributed by atoms with van der Waals surface area (Å²) in [6.45, 7) is 24.3. The van der Waals surface area contributed by atoms with E-state index in [1.807, 2.05) is 0 Å². The first-order valence-corrected chi connectivity index (χ1v) is 28.1. The van der Waals surface area contributed by atoms with Gasteiger partial charge >= 0.3 is 0 Å². The van der Waals surface area contributed by atoms with E-state index in [9.17, 15) is 10.2 Å². The first kappa shape index (κ1) is 61.0. The monoisotopic (exact) mass is 1080 g/mol. The summed E-state index contributed by atoms with van der Waals surface area (Å²) in [6.07, 6.45) is 0. The maximum Gasteiger partial charge on any atom is 0.145 e. The van der Waals surface area contributed by atoms with Crippen LogP contribution in [0.25, 0.3) is 22.3 Å². The van der Waals surface area contributed by atoms with Gasteiger partial charge in [-0.05, 0) is 121 Å². The van der Waals surface area contributed by atoms with E-state index in [1.54, 1.807) is 14.2 Å². The Morgan fingerprint density at radius 1 is 0.436 bits per heavy atom. The highest BCUT2D eigenvalue weighted by Crippen LogP contribution is 2.60. The Balaban J connectivity index is 1.41. The highest BCUT2D eigenvalue weighted by atomic mass is 16.6. The molecule has 0 heterocycles. The van der Waals surface area contributed by atoms with Gasteiger partial charge < -0.3 is 66.8 Å². The molecular formula is C64H88NO13+. The summed E-state index contributed by atoms with van der Waals surface area (Å²) in [5, 5.41) is 18.5. The Bertz CT molecular complexity index is 2650. The molecule has 0 saturated carbocycles. The highest BCUT2D eigenvalue weighted by Gasteiger charge is 2.51. The van der Waals surface area contributed by atoms with Crippen LogP contribution >= 0.6 is 0 Å². The Morgan fingerprint density at radius 3 is 1.55 bits per heavy atom. The van der Waals surface area contributed by atoms with Crippen LogP contribution in [0.1, 0.15) is 82.0 Å². The van der Waals surface area contributed by atoms with Gasteiger partial charge in [0.25, 0.3) is 0 Å². The van der Waals surface area contributed by atoms with Gasteiger partial charge in [0.2, 0.25) is 0 Å². The number of aryl methyl sites for hydroxylation is 3. The van der Waals surface area contributed by atoms with Crippen LogP contribution in [-0.4, -0.2) is 174 Å². The van der Waals surface area contributed by atoms with E-state index in [1.165, 1.54) is 11.1 Å². The number of fused-ring (bicyclic) bond motifs is 6. The molecule has 0 aromatic heterocycles. The van der Waals surface area contributed by atoms with E-state index in [2.05, 4.69) is 126 Å². The summed E-state index contributed by atoms with van der Waals surface area (Å²) < 4.78 is 67.4. The lowest BCUT2D eigenvalue weighted by molar-refractivity contribution is -0.936. The maximum atomic E-state index is 9.29. The SMILES string of the molecule is CC[N+](CC)(CC)Cc1cc(C2(OCCOCCOC)c3cc(C)ccc3-c3cc4c(cc32)-c2ccc(C)cc2C4(COCCOCCOCCO)c2ccc(OCCOCCOC)c(C)c2)ccc1COCCOCCO. The zero-order chi connectivity index (χ0) is 55.4. The number of benzene rings is 5. The van der Waals surface area contributed by atoms with Crippen LogP contribution in [0.5, 0.6) is 5.75 Å². The molecule has 5 aromatic carbocycles. The van der Waals surface area contributed by atoms with Crippen LogP contribution in [0.15, 0.2) is 84.9 Å². The van der Waals surface area contributed by atoms with E-state index in [0.717, 1.165) is 109 Å². The third-order valence-electron chi connectivity index (χ3n) is 15.6. The topological polar surface area (TPSA) is 142 Å². The van der Waals surface area contributed by atoms with Gasteiger partial charge in [-0.25, -0.2) is 0 Å². The lowest BCUT2D eigenvalue weighted by Gasteiger charge is -2.38. The molecule has 2 unspecified atom stereocenters. The quantitative estimate of drug-likeness (QED) is 0.0288. The van der Waals surface area contributed by atoms with Crippen molar-refractivity contribution in [3.8, 4) is 28.0 Å². The van der Waals surface area contributed by atoms with Crippen molar-refractivity contribution >= 4 is 0 Å². The van der Waals surface area contributed by atoms with Crippen molar-refractivity contribution in [2.24, 2.45) is 0 Å². The number of hydrogen-bond acceptors (Lipinski definition) is 13. The molecule has 5 aromatic rings. The van der Waals surface area contributed by atoms with Crippen LogP contribution < -0.4 is 4.74 Å². The molecule has 7 rings (SSSR count). The van der Waals surface area contributed by atoms with Crippen molar-refractivity contribution in [1.29, 1.82) is 0 Å². The molecule has 2 aliphatic rings. The smallest absolute Gasteiger partial charge is 0.145 e. The van der Waals surface area contributed by atoms with E-state index in [4.69, 9.17) is 52.1 Å². The second-order valence-electron chi connectivity index (χ2n) is 20.3. The van der Waals surface area contributed by atoms with Crippen LogP contribution in [0.2, 0.25) is 0 Å². The van der Waals surface area contributed by atoms with Gasteiger partial charge in [0.15, 0.2) is 0 Å². The first-order chi connectivity index (χ1) is 38.1. The molecule has 78 heavy (non-hydrogen) atoms. The molecule has 2 atom stereocenters. The normalized spacial score (nSPS) is 16.4. The fraction of sp³-hybridized carbons (Fsp3) is 0.531. The number of rotatable bonds is 38. The molecule has 426 valence electrons. The molecule has 0 saturated heterocycles. The second kappa shape index (κ2) is 30.3. The molecule has 2 aliphatic carbocycles. The minimum atomic E-state index is -1.03.